The monoisotopic (exact) mass is 196 g/mol. The lowest BCUT2D eigenvalue weighted by Gasteiger charge is -2.21. The Hall–Kier alpha value is -0.940. The maximum absolute atomic E-state index is 4.92. The normalized spacial score (nSPS) is 22.1. The number of nitrogens with zero attached hydrogens (tertiary/aromatic N) is 3. The molecule has 0 amide bonds. The quantitative estimate of drug-likeness (QED) is 0.747. The molecule has 1 atom stereocenters. The average molecular weight is 196 g/mol. The molecule has 5 heteroatoms. The van der Waals surface area contributed by atoms with Gasteiger partial charge < -0.3 is 9.84 Å². The molecule has 2 rings (SSSR count). The van der Waals surface area contributed by atoms with Gasteiger partial charge in [0.1, 0.15) is 0 Å². The maximum atomic E-state index is 4.92. The Morgan fingerprint density at radius 2 is 2.50 bits per heavy atom. The first-order valence-electron chi connectivity index (χ1n) is 4.96. The summed E-state index contributed by atoms with van der Waals surface area (Å²) in [5, 5.41) is 7.22. The van der Waals surface area contributed by atoms with Gasteiger partial charge in [0.25, 0.3) is 0 Å². The maximum Gasteiger partial charge on any atom is 0.223 e. The van der Waals surface area contributed by atoms with Gasteiger partial charge in [0, 0.05) is 19.5 Å². The Bertz CT molecular complexity index is 293. The molecule has 0 spiro atoms. The first-order chi connectivity index (χ1) is 6.75. The molecule has 0 saturated carbocycles. The van der Waals surface area contributed by atoms with Crippen molar-refractivity contribution in [3.05, 3.63) is 11.7 Å². The van der Waals surface area contributed by atoms with Crippen LogP contribution >= 0.6 is 0 Å². The Kier molecular flexibility index (Phi) is 2.79. The summed E-state index contributed by atoms with van der Waals surface area (Å²) in [7, 11) is 2.10. The molecular formula is C9H16N4O. The van der Waals surface area contributed by atoms with Gasteiger partial charge in [-0.15, -0.1) is 0 Å². The van der Waals surface area contributed by atoms with Crippen LogP contribution in [0.15, 0.2) is 4.52 Å². The van der Waals surface area contributed by atoms with E-state index in [-0.39, 0.29) is 0 Å². The predicted octanol–water partition coefficient (Wildman–Crippen LogP) is 0.172. The minimum Gasteiger partial charge on any atom is -0.340 e. The molecule has 1 aliphatic rings. The van der Waals surface area contributed by atoms with E-state index in [1.165, 1.54) is 6.42 Å². The fourth-order valence-electron chi connectivity index (χ4n) is 1.77. The molecule has 1 aliphatic heterocycles. The van der Waals surface area contributed by atoms with Crippen LogP contribution in [0.1, 0.15) is 18.1 Å². The van der Waals surface area contributed by atoms with Crippen molar-refractivity contribution in [1.82, 2.24) is 20.4 Å². The Morgan fingerprint density at radius 1 is 1.64 bits per heavy atom. The fraction of sp³-hybridized carbons (Fsp3) is 0.778. The summed E-state index contributed by atoms with van der Waals surface area (Å²) in [4.78, 5) is 6.45. The third-order valence-corrected chi connectivity index (χ3v) is 2.62. The lowest BCUT2D eigenvalue weighted by molar-refractivity contribution is 0.239. The summed E-state index contributed by atoms with van der Waals surface area (Å²) in [5.41, 5.74) is 0. The first kappa shape index (κ1) is 9.61. The van der Waals surface area contributed by atoms with Crippen molar-refractivity contribution in [2.24, 2.45) is 0 Å². The fourth-order valence-corrected chi connectivity index (χ4v) is 1.77. The van der Waals surface area contributed by atoms with Crippen molar-refractivity contribution in [3.8, 4) is 0 Å². The largest absolute Gasteiger partial charge is 0.340 e. The first-order valence-corrected chi connectivity index (χ1v) is 4.96. The summed E-state index contributed by atoms with van der Waals surface area (Å²) < 4.78 is 4.92. The molecule has 14 heavy (non-hydrogen) atoms. The van der Waals surface area contributed by atoms with Crippen molar-refractivity contribution in [2.45, 2.75) is 25.9 Å². The highest BCUT2D eigenvalue weighted by molar-refractivity contribution is 4.86. The molecule has 1 aromatic heterocycles. The zero-order valence-electron chi connectivity index (χ0n) is 8.66. The van der Waals surface area contributed by atoms with Gasteiger partial charge in [0.2, 0.25) is 5.89 Å². The zero-order chi connectivity index (χ0) is 9.97. The molecule has 5 nitrogen and oxygen atoms in total. The third kappa shape index (κ3) is 2.10. The summed E-state index contributed by atoms with van der Waals surface area (Å²) >= 11 is 0. The lowest BCUT2D eigenvalue weighted by Crippen LogP contribution is -2.33. The van der Waals surface area contributed by atoms with Gasteiger partial charge in [-0.2, -0.15) is 4.98 Å². The van der Waals surface area contributed by atoms with E-state index < -0.39 is 0 Å². The molecule has 0 unspecified atom stereocenters. The molecule has 1 saturated heterocycles. The van der Waals surface area contributed by atoms with E-state index >= 15 is 0 Å². The highest BCUT2D eigenvalue weighted by Gasteiger charge is 2.20. The van der Waals surface area contributed by atoms with Gasteiger partial charge in [-0.05, 0) is 20.0 Å². The highest BCUT2D eigenvalue weighted by Crippen LogP contribution is 2.09. The number of hydrogen-bond donors (Lipinski definition) is 1. The predicted molar refractivity (Wildman–Crippen MR) is 51.8 cm³/mol. The molecule has 0 aliphatic carbocycles. The molecule has 0 radical (unpaired) electrons. The smallest absolute Gasteiger partial charge is 0.223 e. The minimum atomic E-state index is 0.605. The van der Waals surface area contributed by atoms with Crippen LogP contribution in [-0.2, 0) is 6.54 Å². The Morgan fingerprint density at radius 3 is 3.07 bits per heavy atom. The molecular weight excluding hydrogens is 180 g/mol. The van der Waals surface area contributed by atoms with E-state index in [0.29, 0.717) is 11.9 Å². The van der Waals surface area contributed by atoms with Gasteiger partial charge in [-0.3, -0.25) is 4.90 Å². The second-order valence-corrected chi connectivity index (χ2v) is 3.79. The highest BCUT2D eigenvalue weighted by atomic mass is 16.5. The standard InChI is InChI=1S/C9H16N4O/c1-7-11-9(12-14-7)6-13(2)8-3-4-10-5-8/h8,10H,3-6H2,1-2H3/t8-/m1/s1. The lowest BCUT2D eigenvalue weighted by atomic mass is 10.2. The van der Waals surface area contributed by atoms with Gasteiger partial charge in [-0.25, -0.2) is 0 Å². The summed E-state index contributed by atoms with van der Waals surface area (Å²) in [5.74, 6) is 1.41. The van der Waals surface area contributed by atoms with Crippen molar-refractivity contribution >= 4 is 0 Å². The Labute approximate surface area is 83.5 Å². The minimum absolute atomic E-state index is 0.605. The summed E-state index contributed by atoms with van der Waals surface area (Å²) in [6, 6.07) is 0.605. The second-order valence-electron chi connectivity index (χ2n) is 3.79. The van der Waals surface area contributed by atoms with Gasteiger partial charge in [0.15, 0.2) is 5.82 Å². The van der Waals surface area contributed by atoms with Crippen molar-refractivity contribution in [3.63, 3.8) is 0 Å². The van der Waals surface area contributed by atoms with Gasteiger partial charge in [-0.1, -0.05) is 5.16 Å². The van der Waals surface area contributed by atoms with Crippen LogP contribution in [0.5, 0.6) is 0 Å². The van der Waals surface area contributed by atoms with Crippen molar-refractivity contribution in [2.75, 3.05) is 20.1 Å². The number of aromatic nitrogens is 2. The number of aryl methyl sites for hydroxylation is 1. The molecule has 0 bridgehead atoms. The van der Waals surface area contributed by atoms with E-state index in [1.54, 1.807) is 0 Å². The van der Waals surface area contributed by atoms with Crippen molar-refractivity contribution in [1.29, 1.82) is 0 Å². The summed E-state index contributed by atoms with van der Waals surface area (Å²) in [6.45, 7) is 4.75. The second kappa shape index (κ2) is 4.06. The van der Waals surface area contributed by atoms with Crippen LogP contribution in [0.2, 0.25) is 0 Å². The number of hydrogen-bond acceptors (Lipinski definition) is 5. The van der Waals surface area contributed by atoms with Gasteiger partial charge >= 0.3 is 0 Å². The molecule has 0 aromatic carbocycles. The topological polar surface area (TPSA) is 54.2 Å². The van der Waals surface area contributed by atoms with Crippen LogP contribution in [0.25, 0.3) is 0 Å². The van der Waals surface area contributed by atoms with Crippen LogP contribution in [0, 0.1) is 6.92 Å². The molecule has 2 heterocycles. The van der Waals surface area contributed by atoms with E-state index in [0.717, 1.165) is 25.5 Å². The molecule has 1 N–H and O–H groups in total. The number of likely N-dealkylation sites (N-methyl/N-ethyl adjacent to an activating group) is 1. The third-order valence-electron chi connectivity index (χ3n) is 2.62. The van der Waals surface area contributed by atoms with E-state index in [2.05, 4.69) is 27.4 Å². The average Bonchev–Trinajstić information content (AvgIpc) is 2.75. The zero-order valence-corrected chi connectivity index (χ0v) is 8.66. The summed E-state index contributed by atoms with van der Waals surface area (Å²) in [6.07, 6.45) is 1.20. The van der Waals surface area contributed by atoms with Crippen LogP contribution in [0.4, 0.5) is 0 Å². The van der Waals surface area contributed by atoms with E-state index in [1.807, 2.05) is 6.92 Å². The van der Waals surface area contributed by atoms with Crippen LogP contribution in [0.3, 0.4) is 0 Å². The van der Waals surface area contributed by atoms with Crippen molar-refractivity contribution < 1.29 is 4.52 Å². The number of nitrogens with one attached hydrogen (secondary N) is 1. The number of rotatable bonds is 3. The van der Waals surface area contributed by atoms with Crippen LogP contribution in [-0.4, -0.2) is 41.2 Å². The van der Waals surface area contributed by atoms with E-state index in [9.17, 15) is 0 Å². The molecule has 1 fully saturated rings. The van der Waals surface area contributed by atoms with Crippen LogP contribution < -0.4 is 5.32 Å². The van der Waals surface area contributed by atoms with E-state index in [4.69, 9.17) is 4.52 Å². The molecule has 78 valence electrons. The van der Waals surface area contributed by atoms with Gasteiger partial charge in [0.05, 0.1) is 6.54 Å². The Balaban J connectivity index is 1.90. The SMILES string of the molecule is Cc1nc(CN(C)[C@@H]2CCNC2)no1. The molecule has 1 aromatic rings.